The minimum absolute atomic E-state index is 0.0681. The molecule has 1 amide bonds. The van der Waals surface area contributed by atoms with Crippen LogP contribution < -0.4 is 19.1 Å². The molecule has 4 heterocycles. The van der Waals surface area contributed by atoms with Crippen LogP contribution in [0.25, 0.3) is 5.65 Å². The summed E-state index contributed by atoms with van der Waals surface area (Å²) in [4.78, 5) is 19.3. The fourth-order valence-electron chi connectivity index (χ4n) is 4.98. The minimum Gasteiger partial charge on any atom is -0.488 e. The molecule has 38 heavy (non-hydrogen) atoms. The van der Waals surface area contributed by atoms with Gasteiger partial charge in [-0.05, 0) is 63.9 Å². The summed E-state index contributed by atoms with van der Waals surface area (Å²) in [5, 5.41) is 0. The molecule has 2 saturated heterocycles. The van der Waals surface area contributed by atoms with Crippen LogP contribution in [0.1, 0.15) is 62.1 Å². The molecule has 2 N–H and O–H groups in total. The first kappa shape index (κ1) is 26.4. The van der Waals surface area contributed by atoms with Gasteiger partial charge in [-0.25, -0.2) is 14.1 Å². The number of imidazole rings is 1. The summed E-state index contributed by atoms with van der Waals surface area (Å²) in [5.41, 5.74) is 1.37. The zero-order valence-electron chi connectivity index (χ0n) is 21.6. The van der Waals surface area contributed by atoms with Gasteiger partial charge in [0.15, 0.2) is 0 Å². The van der Waals surface area contributed by atoms with Crippen molar-refractivity contribution in [2.45, 2.75) is 57.7 Å². The lowest BCUT2D eigenvalue weighted by Gasteiger charge is -2.29. The number of fused-ring (bicyclic) bond motifs is 1. The highest BCUT2D eigenvalue weighted by molar-refractivity contribution is 7.88. The molecule has 2 aliphatic heterocycles. The van der Waals surface area contributed by atoms with Gasteiger partial charge in [-0.15, -0.1) is 0 Å². The van der Waals surface area contributed by atoms with E-state index in [1.54, 1.807) is 43.5 Å². The molecule has 0 saturated carbocycles. The molecule has 2 aromatic heterocycles. The molecule has 0 bridgehead atoms. The van der Waals surface area contributed by atoms with Crippen molar-refractivity contribution >= 4 is 27.5 Å². The Kier molecular flexibility index (Phi) is 7.05. The van der Waals surface area contributed by atoms with Crippen molar-refractivity contribution in [1.82, 2.24) is 18.8 Å². The van der Waals surface area contributed by atoms with E-state index in [0.717, 1.165) is 37.1 Å². The van der Waals surface area contributed by atoms with Crippen molar-refractivity contribution in [2.75, 3.05) is 24.7 Å². The predicted molar refractivity (Wildman–Crippen MR) is 140 cm³/mol. The Labute approximate surface area is 221 Å². The summed E-state index contributed by atoms with van der Waals surface area (Å²) in [6.07, 6.45) is 5.50. The summed E-state index contributed by atoms with van der Waals surface area (Å²) in [6, 6.07) is 8.12. The largest absolute Gasteiger partial charge is 0.488 e. The number of nitrogens with zero attached hydrogens (tertiary/aromatic N) is 3. The Hall–Kier alpha value is -3.22. The molecule has 0 radical (unpaired) electrons. The van der Waals surface area contributed by atoms with E-state index in [1.165, 1.54) is 18.3 Å². The number of pyridine rings is 1. The Bertz CT molecular complexity index is 1450. The Morgan fingerprint density at radius 1 is 1.21 bits per heavy atom. The molecule has 3 aromatic rings. The summed E-state index contributed by atoms with van der Waals surface area (Å²) in [7, 11) is -4.08. The number of carbonyl (C=O) groups is 1. The fourth-order valence-corrected chi connectivity index (χ4v) is 6.19. The number of rotatable bonds is 7. The van der Waals surface area contributed by atoms with Crippen molar-refractivity contribution in [3.63, 3.8) is 0 Å². The fraction of sp³-hybridized carbons (Fsp3) is 0.462. The van der Waals surface area contributed by atoms with Gasteiger partial charge >= 0.3 is 10.2 Å². The van der Waals surface area contributed by atoms with Crippen molar-refractivity contribution in [3.8, 4) is 5.75 Å². The van der Waals surface area contributed by atoms with E-state index in [4.69, 9.17) is 9.47 Å². The molecular formula is C26H32FN5O5S. The smallest absolute Gasteiger partial charge is 0.302 e. The third-order valence-corrected chi connectivity index (χ3v) is 7.82. The number of halogens is 1. The maximum atomic E-state index is 14.4. The second-order valence-electron chi connectivity index (χ2n) is 10.7. The molecule has 1 aromatic carbocycles. The number of nitrogens with one attached hydrogen (secondary N) is 2. The lowest BCUT2D eigenvalue weighted by Crippen LogP contribution is -2.48. The van der Waals surface area contributed by atoms with E-state index in [0.29, 0.717) is 24.6 Å². The summed E-state index contributed by atoms with van der Waals surface area (Å²) in [6.45, 7) is 6.92. The number of amides is 1. The molecule has 5 rings (SSSR count). The SMILES string of the molecule is CC(C)(C)NS(=O)(=O)NC(=O)c1cnc2ccc(N3CCCC3c3cc(F)ccc3O[C@@H]3CCOC3)cn12. The van der Waals surface area contributed by atoms with Crippen LogP contribution in [-0.4, -0.2) is 55.1 Å². The maximum Gasteiger partial charge on any atom is 0.302 e. The van der Waals surface area contributed by atoms with Crippen LogP contribution in [0.15, 0.2) is 42.7 Å². The van der Waals surface area contributed by atoms with Crippen molar-refractivity contribution < 1.29 is 27.1 Å². The number of hydrogen-bond acceptors (Lipinski definition) is 7. The van der Waals surface area contributed by atoms with E-state index in [9.17, 15) is 17.6 Å². The molecule has 2 aliphatic rings. The van der Waals surface area contributed by atoms with Gasteiger partial charge in [0.05, 0.1) is 31.1 Å². The predicted octanol–water partition coefficient (Wildman–Crippen LogP) is 3.35. The number of aromatic nitrogens is 2. The summed E-state index contributed by atoms with van der Waals surface area (Å²) in [5.74, 6) is -0.501. The highest BCUT2D eigenvalue weighted by Gasteiger charge is 2.31. The number of hydrogen-bond donors (Lipinski definition) is 2. The third kappa shape index (κ3) is 5.77. The van der Waals surface area contributed by atoms with Gasteiger partial charge in [-0.3, -0.25) is 9.20 Å². The summed E-state index contributed by atoms with van der Waals surface area (Å²) >= 11 is 0. The average Bonchev–Trinajstić information content (AvgIpc) is 3.58. The summed E-state index contributed by atoms with van der Waals surface area (Å²) < 4.78 is 56.9. The van der Waals surface area contributed by atoms with Crippen molar-refractivity contribution in [1.29, 1.82) is 0 Å². The molecular weight excluding hydrogens is 513 g/mol. The standard InChI is InChI=1S/C26H32FN5O5S/c1-26(2,3)30-38(34,35)29-25(33)22-14-28-24-9-7-18(15-32(22)24)31-11-4-5-21(31)20-13-17(27)6-8-23(20)37-19-10-12-36-16-19/h6-9,13-15,19,21,30H,4-5,10-12,16H2,1-3H3,(H,29,33)/t19-,21?/m1/s1. The first-order valence-corrected chi connectivity index (χ1v) is 14.1. The van der Waals surface area contributed by atoms with Gasteiger partial charge in [0.2, 0.25) is 0 Å². The molecule has 0 aliphatic carbocycles. The Morgan fingerprint density at radius 3 is 2.76 bits per heavy atom. The van der Waals surface area contributed by atoms with E-state index in [1.807, 2.05) is 6.07 Å². The zero-order chi connectivity index (χ0) is 27.1. The van der Waals surface area contributed by atoms with Gasteiger partial charge in [0.25, 0.3) is 5.91 Å². The van der Waals surface area contributed by atoms with Crippen LogP contribution in [0.4, 0.5) is 10.1 Å². The number of carbonyl (C=O) groups excluding carboxylic acids is 1. The highest BCUT2D eigenvalue weighted by Crippen LogP contribution is 2.41. The zero-order valence-corrected chi connectivity index (χ0v) is 22.4. The van der Waals surface area contributed by atoms with Crippen LogP contribution >= 0.6 is 0 Å². The topological polar surface area (TPSA) is 114 Å². The Morgan fingerprint density at radius 2 is 2.03 bits per heavy atom. The second kappa shape index (κ2) is 10.2. The molecule has 1 unspecified atom stereocenters. The van der Waals surface area contributed by atoms with Gasteiger partial charge in [-0.1, -0.05) is 0 Å². The van der Waals surface area contributed by atoms with Gasteiger partial charge in [0.1, 0.15) is 29.0 Å². The molecule has 204 valence electrons. The van der Waals surface area contributed by atoms with Gasteiger partial charge < -0.3 is 14.4 Å². The van der Waals surface area contributed by atoms with Gasteiger partial charge in [-0.2, -0.15) is 13.1 Å². The second-order valence-corrected chi connectivity index (χ2v) is 12.1. The monoisotopic (exact) mass is 545 g/mol. The third-order valence-electron chi connectivity index (χ3n) is 6.49. The van der Waals surface area contributed by atoms with E-state index < -0.39 is 21.7 Å². The van der Waals surface area contributed by atoms with Crippen LogP contribution in [0.5, 0.6) is 5.75 Å². The minimum atomic E-state index is -4.08. The quantitative estimate of drug-likeness (QED) is 0.468. The Balaban J connectivity index is 1.44. The van der Waals surface area contributed by atoms with Crippen LogP contribution in [0, 0.1) is 5.82 Å². The van der Waals surface area contributed by atoms with Crippen molar-refractivity contribution in [3.05, 3.63) is 59.8 Å². The normalized spacial score (nSPS) is 20.3. The number of ether oxygens (including phenoxy) is 2. The van der Waals surface area contributed by atoms with Crippen LogP contribution in [0.2, 0.25) is 0 Å². The molecule has 0 spiro atoms. The molecule has 10 nitrogen and oxygen atoms in total. The molecule has 2 fully saturated rings. The number of benzene rings is 1. The van der Waals surface area contributed by atoms with E-state index in [2.05, 4.69) is 19.3 Å². The maximum absolute atomic E-state index is 14.4. The lowest BCUT2D eigenvalue weighted by atomic mass is 10.0. The highest BCUT2D eigenvalue weighted by atomic mass is 32.2. The number of anilines is 1. The molecule has 12 heteroatoms. The first-order valence-electron chi connectivity index (χ1n) is 12.6. The van der Waals surface area contributed by atoms with E-state index >= 15 is 0 Å². The van der Waals surface area contributed by atoms with Crippen LogP contribution in [0.3, 0.4) is 0 Å². The van der Waals surface area contributed by atoms with Crippen LogP contribution in [-0.2, 0) is 14.9 Å². The van der Waals surface area contributed by atoms with Gasteiger partial charge in [0, 0.05) is 30.3 Å². The first-order chi connectivity index (χ1) is 18.0. The van der Waals surface area contributed by atoms with Crippen molar-refractivity contribution in [2.24, 2.45) is 0 Å². The average molecular weight is 546 g/mol. The molecule has 2 atom stereocenters. The lowest BCUT2D eigenvalue weighted by molar-refractivity contribution is 0.0975. The van der Waals surface area contributed by atoms with E-state index in [-0.39, 0.29) is 23.7 Å².